The van der Waals surface area contributed by atoms with Crippen LogP contribution in [0.15, 0.2) is 31.0 Å². The fourth-order valence-electron chi connectivity index (χ4n) is 1.45. The third-order valence-electron chi connectivity index (χ3n) is 2.37. The van der Waals surface area contributed by atoms with Gasteiger partial charge in [-0.15, -0.1) is 6.58 Å². The van der Waals surface area contributed by atoms with Crippen LogP contribution in [0, 0.1) is 0 Å². The van der Waals surface area contributed by atoms with Crippen molar-refractivity contribution in [3.05, 3.63) is 36.7 Å². The van der Waals surface area contributed by atoms with Gasteiger partial charge in [0.2, 0.25) is 0 Å². The highest BCUT2D eigenvalue weighted by Crippen LogP contribution is 2.07. The van der Waals surface area contributed by atoms with Crippen LogP contribution in [0.5, 0.6) is 0 Å². The molecular weight excluding hydrogens is 242 g/mol. The predicted octanol–water partition coefficient (Wildman–Crippen LogP) is 1.84. The van der Waals surface area contributed by atoms with E-state index in [2.05, 4.69) is 22.2 Å². The zero-order valence-electron chi connectivity index (χ0n) is 11.3. The molecule has 0 aliphatic rings. The number of hydrogen-bond acceptors (Lipinski definition) is 4. The van der Waals surface area contributed by atoms with E-state index in [0.717, 1.165) is 12.1 Å². The van der Waals surface area contributed by atoms with E-state index in [1.54, 1.807) is 12.3 Å². The first kappa shape index (κ1) is 15.2. The summed E-state index contributed by atoms with van der Waals surface area (Å²) in [6.07, 6.45) is 4.30. The van der Waals surface area contributed by atoms with Crippen molar-refractivity contribution in [1.82, 2.24) is 10.3 Å². The number of anilines is 1. The lowest BCUT2D eigenvalue weighted by Gasteiger charge is -2.08. The van der Waals surface area contributed by atoms with Gasteiger partial charge in [-0.3, -0.25) is 9.78 Å². The van der Waals surface area contributed by atoms with Crippen molar-refractivity contribution in [3.63, 3.8) is 0 Å². The maximum absolute atomic E-state index is 11.6. The molecular formula is C14H21N3O2. The summed E-state index contributed by atoms with van der Waals surface area (Å²) in [5.41, 5.74) is 1.28. The van der Waals surface area contributed by atoms with Crippen LogP contribution < -0.4 is 10.6 Å². The van der Waals surface area contributed by atoms with Gasteiger partial charge in [0, 0.05) is 25.0 Å². The predicted molar refractivity (Wildman–Crippen MR) is 76.4 cm³/mol. The van der Waals surface area contributed by atoms with E-state index in [1.165, 1.54) is 0 Å². The Labute approximate surface area is 114 Å². The maximum Gasteiger partial charge on any atom is 0.269 e. The molecule has 0 spiro atoms. The molecule has 5 nitrogen and oxygen atoms in total. The number of pyridine rings is 1. The van der Waals surface area contributed by atoms with Crippen molar-refractivity contribution in [2.75, 3.05) is 31.6 Å². The molecule has 0 saturated heterocycles. The smallest absolute Gasteiger partial charge is 0.269 e. The van der Waals surface area contributed by atoms with E-state index in [1.807, 2.05) is 19.1 Å². The molecule has 19 heavy (non-hydrogen) atoms. The van der Waals surface area contributed by atoms with E-state index in [4.69, 9.17) is 4.74 Å². The first-order valence-corrected chi connectivity index (χ1v) is 6.44. The summed E-state index contributed by atoms with van der Waals surface area (Å²) in [7, 11) is 0. The molecule has 1 rings (SSSR count). The Morgan fingerprint density at radius 3 is 3.11 bits per heavy atom. The normalized spacial score (nSPS) is 9.95. The lowest BCUT2D eigenvalue weighted by Crippen LogP contribution is -2.23. The molecule has 104 valence electrons. The van der Waals surface area contributed by atoms with Gasteiger partial charge in [-0.05, 0) is 25.5 Å². The second-order valence-electron chi connectivity index (χ2n) is 3.91. The van der Waals surface area contributed by atoms with Crippen molar-refractivity contribution in [2.24, 2.45) is 0 Å². The topological polar surface area (TPSA) is 63.2 Å². The fourth-order valence-corrected chi connectivity index (χ4v) is 1.45. The zero-order valence-corrected chi connectivity index (χ0v) is 11.3. The van der Waals surface area contributed by atoms with E-state index in [9.17, 15) is 4.79 Å². The monoisotopic (exact) mass is 263 g/mol. The van der Waals surface area contributed by atoms with E-state index < -0.39 is 0 Å². The molecule has 0 unspecified atom stereocenters. The van der Waals surface area contributed by atoms with Crippen LogP contribution in [0.25, 0.3) is 0 Å². The van der Waals surface area contributed by atoms with Gasteiger partial charge in [-0.2, -0.15) is 0 Å². The van der Waals surface area contributed by atoms with E-state index >= 15 is 0 Å². The number of nitrogens with one attached hydrogen (secondary N) is 2. The van der Waals surface area contributed by atoms with Gasteiger partial charge < -0.3 is 15.4 Å². The molecule has 0 aromatic carbocycles. The summed E-state index contributed by atoms with van der Waals surface area (Å²) in [6, 6.07) is 3.56. The van der Waals surface area contributed by atoms with Gasteiger partial charge in [-0.1, -0.05) is 6.08 Å². The molecule has 5 heteroatoms. The molecule has 1 aromatic rings. The summed E-state index contributed by atoms with van der Waals surface area (Å²) in [6.45, 7) is 8.09. The Morgan fingerprint density at radius 2 is 2.37 bits per heavy atom. The number of rotatable bonds is 9. The summed E-state index contributed by atoms with van der Waals surface area (Å²) in [5.74, 6) is -0.159. The number of carbonyl (C=O) groups excluding carboxylic acids is 1. The van der Waals surface area contributed by atoms with Gasteiger partial charge >= 0.3 is 0 Å². The molecule has 2 N–H and O–H groups in total. The molecule has 1 aromatic heterocycles. The van der Waals surface area contributed by atoms with Crippen LogP contribution in [-0.2, 0) is 4.74 Å². The first-order chi connectivity index (χ1) is 9.27. The van der Waals surface area contributed by atoms with Crippen LogP contribution >= 0.6 is 0 Å². The number of hydrogen-bond donors (Lipinski definition) is 2. The molecule has 0 aliphatic carbocycles. The Kier molecular flexibility index (Phi) is 7.27. The number of aromatic nitrogens is 1. The van der Waals surface area contributed by atoms with Gasteiger partial charge in [0.05, 0.1) is 13.2 Å². The van der Waals surface area contributed by atoms with E-state index in [0.29, 0.717) is 32.0 Å². The Balaban J connectivity index is 2.35. The second kappa shape index (κ2) is 9.10. The van der Waals surface area contributed by atoms with Gasteiger partial charge in [0.1, 0.15) is 5.69 Å². The minimum Gasteiger partial charge on any atom is -0.383 e. The van der Waals surface area contributed by atoms with Crippen LogP contribution in [-0.4, -0.2) is 37.2 Å². The van der Waals surface area contributed by atoms with E-state index in [-0.39, 0.29) is 5.91 Å². The number of carbonyl (C=O) groups is 1. The lowest BCUT2D eigenvalue weighted by atomic mass is 10.3. The number of amides is 1. The Bertz CT molecular complexity index is 407. The molecule has 0 radical (unpaired) electrons. The Hall–Kier alpha value is -1.88. The van der Waals surface area contributed by atoms with Gasteiger partial charge in [0.25, 0.3) is 5.91 Å². The van der Waals surface area contributed by atoms with Crippen LogP contribution in [0.1, 0.15) is 23.8 Å². The molecule has 0 bridgehead atoms. The molecule has 0 atom stereocenters. The summed E-state index contributed by atoms with van der Waals surface area (Å²) in [5, 5.41) is 5.90. The van der Waals surface area contributed by atoms with Crippen LogP contribution in [0.4, 0.5) is 5.69 Å². The molecule has 0 fully saturated rings. The molecule has 1 heterocycles. The van der Waals surface area contributed by atoms with Crippen molar-refractivity contribution in [3.8, 4) is 0 Å². The van der Waals surface area contributed by atoms with Crippen LogP contribution in [0.3, 0.4) is 0 Å². The van der Waals surface area contributed by atoms with Gasteiger partial charge in [-0.25, -0.2) is 0 Å². The van der Waals surface area contributed by atoms with Crippen molar-refractivity contribution < 1.29 is 9.53 Å². The van der Waals surface area contributed by atoms with Crippen molar-refractivity contribution >= 4 is 11.6 Å². The molecule has 0 saturated carbocycles. The highest BCUT2D eigenvalue weighted by molar-refractivity contribution is 5.93. The summed E-state index contributed by atoms with van der Waals surface area (Å²) >= 11 is 0. The number of nitrogens with zero attached hydrogens (tertiary/aromatic N) is 1. The third kappa shape index (κ3) is 6.01. The number of ether oxygens (including phenoxy) is 1. The average Bonchev–Trinajstić information content (AvgIpc) is 2.43. The van der Waals surface area contributed by atoms with Crippen LogP contribution in [0.2, 0.25) is 0 Å². The average molecular weight is 263 g/mol. The first-order valence-electron chi connectivity index (χ1n) is 6.44. The lowest BCUT2D eigenvalue weighted by molar-refractivity contribution is 0.0951. The fraction of sp³-hybridized carbons (Fsp3) is 0.429. The third-order valence-corrected chi connectivity index (χ3v) is 2.37. The quantitative estimate of drug-likeness (QED) is 0.527. The largest absolute Gasteiger partial charge is 0.383 e. The minimum absolute atomic E-state index is 0.159. The Morgan fingerprint density at radius 1 is 1.53 bits per heavy atom. The molecule has 0 aliphatic heterocycles. The van der Waals surface area contributed by atoms with Crippen molar-refractivity contribution in [1.29, 1.82) is 0 Å². The zero-order chi connectivity index (χ0) is 13.9. The standard InChI is InChI=1S/C14H21N3O2/c1-3-5-9-19-10-8-16-12-6-7-17-13(11-12)14(18)15-4-2/h3,6-7,11H,1,4-5,8-10H2,2H3,(H,15,18)(H,16,17). The second-order valence-corrected chi connectivity index (χ2v) is 3.91. The van der Waals surface area contributed by atoms with Gasteiger partial charge in [0.15, 0.2) is 0 Å². The summed E-state index contributed by atoms with van der Waals surface area (Å²) < 4.78 is 5.38. The SMILES string of the molecule is C=CCCOCCNc1ccnc(C(=O)NCC)c1. The highest BCUT2D eigenvalue weighted by atomic mass is 16.5. The van der Waals surface area contributed by atoms with Crippen molar-refractivity contribution in [2.45, 2.75) is 13.3 Å². The highest BCUT2D eigenvalue weighted by Gasteiger charge is 2.05. The minimum atomic E-state index is -0.159. The molecule has 1 amide bonds. The maximum atomic E-state index is 11.6. The summed E-state index contributed by atoms with van der Waals surface area (Å²) in [4.78, 5) is 15.6.